The average molecular weight is 469 g/mol. The van der Waals surface area contributed by atoms with Crippen LogP contribution in [0.4, 0.5) is 5.69 Å². The number of nitrogens with zero attached hydrogens (tertiary/aromatic N) is 2. The molecule has 32 heavy (non-hydrogen) atoms. The summed E-state index contributed by atoms with van der Waals surface area (Å²) in [6.07, 6.45) is 1.20. The summed E-state index contributed by atoms with van der Waals surface area (Å²) in [5.41, 5.74) is 6.31. The van der Waals surface area contributed by atoms with Crippen LogP contribution in [0.3, 0.4) is 0 Å². The molecule has 0 radical (unpaired) electrons. The van der Waals surface area contributed by atoms with Gasteiger partial charge in [-0.05, 0) is 60.0 Å². The third-order valence-electron chi connectivity index (χ3n) is 6.80. The Labute approximate surface area is 197 Å². The Balaban J connectivity index is 1.43. The summed E-state index contributed by atoms with van der Waals surface area (Å²) in [6, 6.07) is 18.8. The number of rotatable bonds is 5. The monoisotopic (exact) mass is 468 g/mol. The van der Waals surface area contributed by atoms with Crippen molar-refractivity contribution in [3.8, 4) is 0 Å². The lowest BCUT2D eigenvalue weighted by atomic mass is 9.97. The highest BCUT2D eigenvalue weighted by molar-refractivity contribution is 6.78. The van der Waals surface area contributed by atoms with Gasteiger partial charge in [0.2, 0.25) is 0 Å². The molecule has 0 amide bonds. The van der Waals surface area contributed by atoms with E-state index in [-0.39, 0.29) is 5.97 Å². The molecule has 2 aromatic carbocycles. The molecule has 1 saturated heterocycles. The molecule has 6 heteroatoms. The SMILES string of the molecule is COC(=O)c1ccc(N2CCN(CC3=C(c4ccc(Cl)cc4)CC[Si](C)(C)C3)CC2)cc1. The Hall–Kier alpha value is -2.08. The Kier molecular flexibility index (Phi) is 7.08. The molecule has 2 aromatic rings. The number of halogens is 1. The van der Waals surface area contributed by atoms with Crippen LogP contribution in [-0.2, 0) is 4.74 Å². The van der Waals surface area contributed by atoms with Crippen molar-refractivity contribution in [2.45, 2.75) is 31.6 Å². The Morgan fingerprint density at radius 2 is 1.66 bits per heavy atom. The third kappa shape index (κ3) is 5.45. The zero-order chi connectivity index (χ0) is 22.7. The van der Waals surface area contributed by atoms with E-state index in [9.17, 15) is 4.79 Å². The van der Waals surface area contributed by atoms with Gasteiger partial charge in [0.05, 0.1) is 20.7 Å². The number of esters is 1. The molecule has 0 saturated carbocycles. The van der Waals surface area contributed by atoms with Gasteiger partial charge in [0.15, 0.2) is 0 Å². The molecule has 2 aliphatic heterocycles. The summed E-state index contributed by atoms with van der Waals surface area (Å²) in [4.78, 5) is 16.7. The van der Waals surface area contributed by atoms with Crippen molar-refractivity contribution in [3.05, 3.63) is 70.3 Å². The predicted molar refractivity (Wildman–Crippen MR) is 137 cm³/mol. The Morgan fingerprint density at radius 3 is 2.28 bits per heavy atom. The quantitative estimate of drug-likeness (QED) is 0.409. The van der Waals surface area contributed by atoms with Crippen LogP contribution in [0.25, 0.3) is 5.57 Å². The highest BCUT2D eigenvalue weighted by Gasteiger charge is 2.30. The highest BCUT2D eigenvalue weighted by atomic mass is 35.5. The molecule has 170 valence electrons. The summed E-state index contributed by atoms with van der Waals surface area (Å²) in [5, 5.41) is 0.803. The van der Waals surface area contributed by atoms with Crippen molar-refractivity contribution in [1.29, 1.82) is 0 Å². The predicted octanol–water partition coefficient (Wildman–Crippen LogP) is 5.81. The first-order valence-electron chi connectivity index (χ1n) is 11.5. The summed E-state index contributed by atoms with van der Waals surface area (Å²) >= 11 is 6.14. The van der Waals surface area contributed by atoms with E-state index in [0.717, 1.165) is 37.7 Å². The first-order valence-corrected chi connectivity index (χ1v) is 15.3. The van der Waals surface area contributed by atoms with Gasteiger partial charge < -0.3 is 9.64 Å². The minimum Gasteiger partial charge on any atom is -0.465 e. The average Bonchev–Trinajstić information content (AvgIpc) is 2.80. The first-order chi connectivity index (χ1) is 15.3. The largest absolute Gasteiger partial charge is 0.465 e. The minimum absolute atomic E-state index is 0.287. The van der Waals surface area contributed by atoms with Crippen molar-refractivity contribution in [2.24, 2.45) is 0 Å². The molecule has 4 nitrogen and oxygen atoms in total. The number of hydrogen-bond acceptors (Lipinski definition) is 4. The molecule has 4 rings (SSSR count). The van der Waals surface area contributed by atoms with Crippen LogP contribution in [0.5, 0.6) is 0 Å². The summed E-state index contributed by atoms with van der Waals surface area (Å²) in [6.45, 7) is 10.2. The van der Waals surface area contributed by atoms with Crippen LogP contribution < -0.4 is 4.90 Å². The lowest BCUT2D eigenvalue weighted by Crippen LogP contribution is -2.47. The van der Waals surface area contributed by atoms with Crippen molar-refractivity contribution in [3.63, 3.8) is 0 Å². The van der Waals surface area contributed by atoms with Crippen LogP contribution in [0, 0.1) is 0 Å². The van der Waals surface area contributed by atoms with Gasteiger partial charge in [0, 0.05) is 43.4 Å². The van der Waals surface area contributed by atoms with E-state index >= 15 is 0 Å². The molecule has 2 heterocycles. The molecule has 0 aliphatic carbocycles. The van der Waals surface area contributed by atoms with Gasteiger partial charge in [-0.25, -0.2) is 4.79 Å². The maximum absolute atomic E-state index is 11.7. The standard InChI is InChI=1S/C26H33ClN2O2Si/c1-31-26(30)21-6-10-24(11-7-21)29-15-13-28(14-16-29)18-22-19-32(2,3)17-12-25(22)20-4-8-23(27)9-5-20/h4-11H,12-19H2,1-3H3. The smallest absolute Gasteiger partial charge is 0.337 e. The van der Waals surface area contributed by atoms with Crippen molar-refractivity contribution in [1.82, 2.24) is 4.90 Å². The number of anilines is 1. The van der Waals surface area contributed by atoms with Crippen LogP contribution in [0.1, 0.15) is 22.3 Å². The number of carbonyl (C=O) groups excluding carboxylic acids is 1. The fraction of sp³-hybridized carbons (Fsp3) is 0.423. The number of methoxy groups -OCH3 is 1. The molecule has 0 bridgehead atoms. The fourth-order valence-electron chi connectivity index (χ4n) is 4.92. The van der Waals surface area contributed by atoms with Gasteiger partial charge in [-0.3, -0.25) is 4.90 Å². The van der Waals surface area contributed by atoms with Crippen molar-refractivity contribution in [2.75, 3.05) is 44.7 Å². The normalized spacial score (nSPS) is 19.2. The second-order valence-corrected chi connectivity index (χ2v) is 15.4. The fourth-order valence-corrected chi connectivity index (χ4v) is 7.63. The van der Waals surface area contributed by atoms with Gasteiger partial charge in [-0.15, -0.1) is 0 Å². The number of benzene rings is 2. The van der Waals surface area contributed by atoms with E-state index in [1.165, 1.54) is 36.9 Å². The first kappa shape index (κ1) is 23.1. The molecule has 0 aromatic heterocycles. The van der Waals surface area contributed by atoms with E-state index in [2.05, 4.69) is 35.0 Å². The van der Waals surface area contributed by atoms with Crippen molar-refractivity contribution >= 4 is 36.9 Å². The number of carbonyl (C=O) groups is 1. The van der Waals surface area contributed by atoms with E-state index in [1.807, 2.05) is 36.4 Å². The van der Waals surface area contributed by atoms with Gasteiger partial charge in [0.25, 0.3) is 0 Å². The number of piperazine rings is 1. The molecular formula is C26H33ClN2O2Si. The van der Waals surface area contributed by atoms with Gasteiger partial charge in [0.1, 0.15) is 0 Å². The lowest BCUT2D eigenvalue weighted by Gasteiger charge is -2.39. The van der Waals surface area contributed by atoms with Crippen LogP contribution in [0.2, 0.25) is 30.2 Å². The maximum Gasteiger partial charge on any atom is 0.337 e. The molecule has 1 fully saturated rings. The van der Waals surface area contributed by atoms with Gasteiger partial charge >= 0.3 is 5.97 Å². The molecule has 2 aliphatic rings. The topological polar surface area (TPSA) is 32.8 Å². The molecule has 0 N–H and O–H groups in total. The highest BCUT2D eigenvalue weighted by Crippen LogP contribution is 2.39. The Bertz CT molecular complexity index is 978. The van der Waals surface area contributed by atoms with E-state index in [1.54, 1.807) is 11.1 Å². The van der Waals surface area contributed by atoms with Crippen LogP contribution in [-0.4, -0.2) is 58.8 Å². The summed E-state index contributed by atoms with van der Waals surface area (Å²) in [7, 11) is 0.249. The maximum atomic E-state index is 11.7. The van der Waals surface area contributed by atoms with Crippen LogP contribution in [0.15, 0.2) is 54.1 Å². The van der Waals surface area contributed by atoms with Gasteiger partial charge in [-0.1, -0.05) is 48.4 Å². The molecular weight excluding hydrogens is 436 g/mol. The second-order valence-electron chi connectivity index (χ2n) is 9.73. The molecule has 0 spiro atoms. The number of allylic oxidation sites excluding steroid dienone is 1. The third-order valence-corrected chi connectivity index (χ3v) is 10.0. The van der Waals surface area contributed by atoms with E-state index in [4.69, 9.17) is 16.3 Å². The Morgan fingerprint density at radius 1 is 1.00 bits per heavy atom. The van der Waals surface area contributed by atoms with E-state index in [0.29, 0.717) is 5.56 Å². The lowest BCUT2D eigenvalue weighted by molar-refractivity contribution is 0.0600. The van der Waals surface area contributed by atoms with Crippen LogP contribution >= 0.6 is 11.6 Å². The zero-order valence-corrected chi connectivity index (χ0v) is 21.1. The summed E-state index contributed by atoms with van der Waals surface area (Å²) in [5.74, 6) is -0.287. The van der Waals surface area contributed by atoms with E-state index < -0.39 is 8.07 Å². The number of hydrogen-bond donors (Lipinski definition) is 0. The van der Waals surface area contributed by atoms with Gasteiger partial charge in [-0.2, -0.15) is 0 Å². The minimum atomic E-state index is -1.17. The number of ether oxygens (including phenoxy) is 1. The molecule has 0 atom stereocenters. The molecule has 0 unspecified atom stereocenters. The summed E-state index contributed by atoms with van der Waals surface area (Å²) < 4.78 is 4.80. The second kappa shape index (κ2) is 9.82. The van der Waals surface area contributed by atoms with Crippen molar-refractivity contribution < 1.29 is 9.53 Å². The zero-order valence-electron chi connectivity index (χ0n) is 19.4.